The zero-order valence-electron chi connectivity index (χ0n) is 9.64. The Hall–Kier alpha value is -1.85. The number of halogens is 2. The van der Waals surface area contributed by atoms with Crippen molar-refractivity contribution in [2.45, 2.75) is 6.54 Å². The van der Waals surface area contributed by atoms with E-state index in [1.807, 2.05) is 12.1 Å². The highest BCUT2D eigenvalue weighted by molar-refractivity contribution is 6.30. The van der Waals surface area contributed by atoms with Gasteiger partial charge in [0.2, 0.25) is 0 Å². The number of anilines is 1. The minimum absolute atomic E-state index is 0.0767. The van der Waals surface area contributed by atoms with Crippen molar-refractivity contribution in [2.24, 2.45) is 0 Å². The van der Waals surface area contributed by atoms with Gasteiger partial charge in [0.25, 0.3) is 5.69 Å². The molecule has 1 heterocycles. The Labute approximate surface area is 119 Å². The number of benzene rings is 1. The molecule has 0 atom stereocenters. The van der Waals surface area contributed by atoms with Crippen molar-refractivity contribution < 1.29 is 4.92 Å². The molecule has 0 saturated heterocycles. The van der Waals surface area contributed by atoms with E-state index >= 15 is 0 Å². The highest BCUT2D eigenvalue weighted by atomic mass is 35.5. The molecular weight excluding hydrogens is 289 g/mol. The third kappa shape index (κ3) is 3.81. The topological polar surface area (TPSA) is 68.1 Å². The van der Waals surface area contributed by atoms with Gasteiger partial charge in [0, 0.05) is 11.6 Å². The molecule has 2 rings (SSSR count). The largest absolute Gasteiger partial charge is 0.366 e. The van der Waals surface area contributed by atoms with Gasteiger partial charge in [-0.2, -0.15) is 0 Å². The first-order valence-corrected chi connectivity index (χ1v) is 6.10. The van der Waals surface area contributed by atoms with Crippen LogP contribution in [-0.4, -0.2) is 9.91 Å². The van der Waals surface area contributed by atoms with Gasteiger partial charge in [0.15, 0.2) is 0 Å². The van der Waals surface area contributed by atoms with E-state index in [2.05, 4.69) is 10.3 Å². The molecule has 0 amide bonds. The number of nitro groups is 1. The number of nitrogens with zero attached hydrogens (tertiary/aromatic N) is 2. The van der Waals surface area contributed by atoms with E-state index in [4.69, 9.17) is 23.2 Å². The van der Waals surface area contributed by atoms with E-state index in [9.17, 15) is 10.1 Å². The maximum absolute atomic E-state index is 10.7. The lowest BCUT2D eigenvalue weighted by Crippen LogP contribution is -2.02. The van der Waals surface area contributed by atoms with Gasteiger partial charge in [-0.15, -0.1) is 0 Å². The molecule has 5 nitrogen and oxygen atoms in total. The molecule has 98 valence electrons. The summed E-state index contributed by atoms with van der Waals surface area (Å²) in [7, 11) is 0. The lowest BCUT2D eigenvalue weighted by atomic mass is 10.2. The molecule has 2 aromatic rings. The molecule has 1 aromatic carbocycles. The van der Waals surface area contributed by atoms with E-state index in [1.54, 1.807) is 12.1 Å². The molecular formula is C12H9Cl2N3O2. The number of hydrogen-bond donors (Lipinski definition) is 1. The second-order valence-electron chi connectivity index (χ2n) is 3.77. The predicted octanol–water partition coefficient (Wildman–Crippen LogP) is 3.91. The third-order valence-corrected chi connectivity index (χ3v) is 2.82. The molecule has 0 spiro atoms. The van der Waals surface area contributed by atoms with E-state index < -0.39 is 4.92 Å². The van der Waals surface area contributed by atoms with Crippen molar-refractivity contribution in [1.29, 1.82) is 0 Å². The Morgan fingerprint density at radius 2 is 1.89 bits per heavy atom. The number of nitrogens with one attached hydrogen (secondary N) is 1. The standard InChI is InChI=1S/C12H9Cl2N3O2/c13-9-3-1-8(2-4-9)7-15-12-6-10(17(18)19)5-11(14)16-12/h1-6H,7H2,(H,15,16). The summed E-state index contributed by atoms with van der Waals surface area (Å²) in [6.07, 6.45) is 0. The molecule has 19 heavy (non-hydrogen) atoms. The smallest absolute Gasteiger partial charge is 0.276 e. The Bertz CT molecular complexity index is 602. The van der Waals surface area contributed by atoms with Crippen LogP contribution < -0.4 is 5.32 Å². The summed E-state index contributed by atoms with van der Waals surface area (Å²) >= 11 is 11.5. The highest BCUT2D eigenvalue weighted by Gasteiger charge is 2.09. The quantitative estimate of drug-likeness (QED) is 0.528. The molecule has 0 radical (unpaired) electrons. The van der Waals surface area contributed by atoms with Crippen molar-refractivity contribution in [3.05, 3.63) is 62.3 Å². The van der Waals surface area contributed by atoms with Crippen molar-refractivity contribution >= 4 is 34.7 Å². The van der Waals surface area contributed by atoms with E-state index in [1.165, 1.54) is 12.1 Å². The lowest BCUT2D eigenvalue weighted by molar-refractivity contribution is -0.384. The van der Waals surface area contributed by atoms with Crippen molar-refractivity contribution in [2.75, 3.05) is 5.32 Å². The van der Waals surface area contributed by atoms with Gasteiger partial charge in [0.1, 0.15) is 11.0 Å². The number of pyridine rings is 1. The summed E-state index contributed by atoms with van der Waals surface area (Å²) in [6.45, 7) is 0.474. The van der Waals surface area contributed by atoms with Crippen molar-refractivity contribution in [1.82, 2.24) is 4.98 Å². The van der Waals surface area contributed by atoms with Crippen LogP contribution in [0.25, 0.3) is 0 Å². The fourth-order valence-corrected chi connectivity index (χ4v) is 1.80. The van der Waals surface area contributed by atoms with E-state index in [0.717, 1.165) is 5.56 Å². The second-order valence-corrected chi connectivity index (χ2v) is 4.59. The zero-order chi connectivity index (χ0) is 13.8. The second kappa shape index (κ2) is 5.86. The van der Waals surface area contributed by atoms with Gasteiger partial charge in [-0.05, 0) is 17.7 Å². The SMILES string of the molecule is O=[N+]([O-])c1cc(Cl)nc(NCc2ccc(Cl)cc2)c1. The number of hydrogen-bond acceptors (Lipinski definition) is 4. The van der Waals surface area contributed by atoms with Gasteiger partial charge in [-0.3, -0.25) is 10.1 Å². The maximum Gasteiger partial charge on any atom is 0.276 e. The fourth-order valence-electron chi connectivity index (χ4n) is 1.47. The summed E-state index contributed by atoms with van der Waals surface area (Å²) in [6, 6.07) is 9.79. The maximum atomic E-state index is 10.7. The zero-order valence-corrected chi connectivity index (χ0v) is 11.1. The van der Waals surface area contributed by atoms with Crippen LogP contribution in [0.3, 0.4) is 0 Å². The van der Waals surface area contributed by atoms with Crippen LogP contribution in [0.5, 0.6) is 0 Å². The summed E-state index contributed by atoms with van der Waals surface area (Å²) in [5.74, 6) is 0.356. The Morgan fingerprint density at radius 3 is 2.53 bits per heavy atom. The first-order chi connectivity index (χ1) is 9.04. The average molecular weight is 298 g/mol. The Balaban J connectivity index is 2.11. The highest BCUT2D eigenvalue weighted by Crippen LogP contribution is 2.21. The van der Waals surface area contributed by atoms with Crippen LogP contribution in [0.15, 0.2) is 36.4 Å². The molecule has 0 fully saturated rings. The molecule has 0 aliphatic rings. The van der Waals surface area contributed by atoms with Gasteiger partial charge < -0.3 is 5.32 Å². The first-order valence-electron chi connectivity index (χ1n) is 5.35. The van der Waals surface area contributed by atoms with Crippen LogP contribution in [0.2, 0.25) is 10.2 Å². The number of aromatic nitrogens is 1. The van der Waals surface area contributed by atoms with Gasteiger partial charge in [-0.1, -0.05) is 35.3 Å². The molecule has 7 heteroatoms. The fraction of sp³-hybridized carbons (Fsp3) is 0.0833. The van der Waals surface area contributed by atoms with E-state index in [0.29, 0.717) is 17.4 Å². The van der Waals surface area contributed by atoms with Gasteiger partial charge >= 0.3 is 0 Å². The minimum atomic E-state index is -0.513. The minimum Gasteiger partial charge on any atom is -0.366 e. The molecule has 1 aromatic heterocycles. The van der Waals surface area contributed by atoms with Crippen molar-refractivity contribution in [3.63, 3.8) is 0 Å². The molecule has 0 bridgehead atoms. The molecule has 0 saturated carbocycles. The first kappa shape index (κ1) is 13.6. The van der Waals surface area contributed by atoms with Crippen LogP contribution in [0.1, 0.15) is 5.56 Å². The van der Waals surface area contributed by atoms with Crippen LogP contribution in [0, 0.1) is 10.1 Å². The van der Waals surface area contributed by atoms with Crippen LogP contribution in [0.4, 0.5) is 11.5 Å². The van der Waals surface area contributed by atoms with Crippen LogP contribution >= 0.6 is 23.2 Å². The summed E-state index contributed by atoms with van der Waals surface area (Å²) in [5, 5.41) is 14.4. The monoisotopic (exact) mass is 297 g/mol. The Morgan fingerprint density at radius 1 is 1.21 bits per heavy atom. The third-order valence-electron chi connectivity index (χ3n) is 2.38. The summed E-state index contributed by atoms with van der Waals surface area (Å²) in [5.41, 5.74) is 0.882. The molecule has 1 N–H and O–H groups in total. The predicted molar refractivity (Wildman–Crippen MR) is 74.7 cm³/mol. The van der Waals surface area contributed by atoms with Gasteiger partial charge in [-0.25, -0.2) is 4.98 Å². The van der Waals surface area contributed by atoms with E-state index in [-0.39, 0.29) is 10.8 Å². The number of rotatable bonds is 4. The normalized spacial score (nSPS) is 10.2. The van der Waals surface area contributed by atoms with Crippen molar-refractivity contribution in [3.8, 4) is 0 Å². The lowest BCUT2D eigenvalue weighted by Gasteiger charge is -2.06. The summed E-state index contributed by atoms with van der Waals surface area (Å²) < 4.78 is 0. The molecule has 0 aliphatic heterocycles. The summed E-state index contributed by atoms with van der Waals surface area (Å²) in [4.78, 5) is 14.2. The molecule has 0 aliphatic carbocycles. The van der Waals surface area contributed by atoms with Crippen LogP contribution in [-0.2, 0) is 6.54 Å². The Kier molecular flexibility index (Phi) is 4.19. The average Bonchev–Trinajstić information content (AvgIpc) is 2.37. The van der Waals surface area contributed by atoms with Gasteiger partial charge in [0.05, 0.1) is 17.1 Å². The molecule has 0 unspecified atom stereocenters.